The van der Waals surface area contributed by atoms with E-state index < -0.39 is 0 Å². The number of halogens is 1. The molecule has 0 saturated heterocycles. The summed E-state index contributed by atoms with van der Waals surface area (Å²) in [4.78, 5) is 1.40. The Balaban J connectivity index is 1.99. The molecule has 0 bridgehead atoms. The minimum Gasteiger partial charge on any atom is -0.305 e. The number of benzene rings is 1. The van der Waals surface area contributed by atoms with Crippen molar-refractivity contribution in [1.82, 2.24) is 5.32 Å². The lowest BCUT2D eigenvalue weighted by molar-refractivity contribution is 0.526. The van der Waals surface area contributed by atoms with Crippen LogP contribution in [-0.2, 0) is 6.54 Å². The summed E-state index contributed by atoms with van der Waals surface area (Å²) in [7, 11) is 0. The zero-order valence-electron chi connectivity index (χ0n) is 10.7. The molecular formula is C15H18ClNS. The predicted octanol–water partition coefficient (Wildman–Crippen LogP) is 4.95. The van der Waals surface area contributed by atoms with Crippen molar-refractivity contribution in [3.63, 3.8) is 0 Å². The van der Waals surface area contributed by atoms with Crippen molar-refractivity contribution in [1.29, 1.82) is 0 Å². The van der Waals surface area contributed by atoms with Gasteiger partial charge in [-0.05, 0) is 42.0 Å². The number of rotatable bonds is 5. The Morgan fingerprint density at radius 3 is 2.78 bits per heavy atom. The van der Waals surface area contributed by atoms with Gasteiger partial charge < -0.3 is 5.32 Å². The molecule has 0 aliphatic rings. The van der Waals surface area contributed by atoms with Gasteiger partial charge >= 0.3 is 0 Å². The first-order chi connectivity index (χ1) is 8.70. The molecule has 2 aromatic rings. The second-order valence-electron chi connectivity index (χ2n) is 4.44. The molecular weight excluding hydrogens is 262 g/mol. The Kier molecular flexibility index (Phi) is 4.81. The smallest absolute Gasteiger partial charge is 0.0438 e. The summed E-state index contributed by atoms with van der Waals surface area (Å²) in [5, 5.41) is 6.56. The van der Waals surface area contributed by atoms with Crippen LogP contribution in [0.1, 0.15) is 35.4 Å². The topological polar surface area (TPSA) is 12.0 Å². The van der Waals surface area contributed by atoms with E-state index in [1.165, 1.54) is 10.4 Å². The molecule has 1 aromatic heterocycles. The molecule has 96 valence electrons. The van der Waals surface area contributed by atoms with Gasteiger partial charge in [0.15, 0.2) is 0 Å². The van der Waals surface area contributed by atoms with Crippen molar-refractivity contribution in [2.24, 2.45) is 0 Å². The first kappa shape index (κ1) is 13.6. The molecule has 1 aromatic carbocycles. The standard InChI is InChI=1S/C15H18ClNS/c1-3-14(15-5-4-8-18-15)17-10-12-7-6-11(2)13(16)9-12/h4-9,14,17H,3,10H2,1-2H3. The van der Waals surface area contributed by atoms with Crippen molar-refractivity contribution in [2.45, 2.75) is 32.9 Å². The molecule has 1 heterocycles. The van der Waals surface area contributed by atoms with Crippen LogP contribution in [0, 0.1) is 6.92 Å². The monoisotopic (exact) mass is 279 g/mol. The maximum atomic E-state index is 6.14. The van der Waals surface area contributed by atoms with Gasteiger partial charge in [-0.1, -0.05) is 36.7 Å². The summed E-state index contributed by atoms with van der Waals surface area (Å²) in [5.74, 6) is 0. The molecule has 0 spiro atoms. The molecule has 1 unspecified atom stereocenters. The largest absolute Gasteiger partial charge is 0.305 e. The lowest BCUT2D eigenvalue weighted by Gasteiger charge is -2.15. The Hall–Kier alpha value is -0.830. The Bertz CT molecular complexity index is 493. The van der Waals surface area contributed by atoms with Crippen LogP contribution in [0.4, 0.5) is 0 Å². The molecule has 3 heteroatoms. The maximum Gasteiger partial charge on any atom is 0.0438 e. The molecule has 0 aliphatic heterocycles. The summed E-state index contributed by atoms with van der Waals surface area (Å²) >= 11 is 7.94. The van der Waals surface area contributed by atoms with Crippen LogP contribution >= 0.6 is 22.9 Å². The van der Waals surface area contributed by atoms with Crippen molar-refractivity contribution in [3.05, 3.63) is 56.7 Å². The third-order valence-electron chi connectivity index (χ3n) is 3.08. The minimum absolute atomic E-state index is 0.435. The van der Waals surface area contributed by atoms with Crippen molar-refractivity contribution < 1.29 is 0 Å². The van der Waals surface area contributed by atoms with Gasteiger partial charge in [0.05, 0.1) is 0 Å². The number of nitrogens with one attached hydrogen (secondary N) is 1. The van der Waals surface area contributed by atoms with E-state index in [1.54, 1.807) is 0 Å². The molecule has 0 radical (unpaired) electrons. The Morgan fingerprint density at radius 2 is 2.17 bits per heavy atom. The zero-order chi connectivity index (χ0) is 13.0. The molecule has 18 heavy (non-hydrogen) atoms. The highest BCUT2D eigenvalue weighted by atomic mass is 35.5. The molecule has 1 atom stereocenters. The van der Waals surface area contributed by atoms with Gasteiger partial charge in [-0.3, -0.25) is 0 Å². The van der Waals surface area contributed by atoms with Crippen LogP contribution in [0.25, 0.3) is 0 Å². The van der Waals surface area contributed by atoms with Gasteiger partial charge in [-0.25, -0.2) is 0 Å². The fraction of sp³-hybridized carbons (Fsp3) is 0.333. The summed E-state index contributed by atoms with van der Waals surface area (Å²) in [6, 6.07) is 11.0. The van der Waals surface area contributed by atoms with E-state index >= 15 is 0 Å². The highest BCUT2D eigenvalue weighted by Gasteiger charge is 2.09. The third-order valence-corrected chi connectivity index (χ3v) is 4.48. The summed E-state index contributed by atoms with van der Waals surface area (Å²) < 4.78 is 0. The molecule has 0 fully saturated rings. The molecule has 0 aliphatic carbocycles. The van der Waals surface area contributed by atoms with Crippen LogP contribution in [0.2, 0.25) is 5.02 Å². The van der Waals surface area contributed by atoms with Crippen molar-refractivity contribution >= 4 is 22.9 Å². The van der Waals surface area contributed by atoms with Gasteiger partial charge in [-0.2, -0.15) is 0 Å². The highest BCUT2D eigenvalue weighted by Crippen LogP contribution is 2.23. The average Bonchev–Trinajstić information content (AvgIpc) is 2.88. The van der Waals surface area contributed by atoms with E-state index in [9.17, 15) is 0 Å². The number of thiophene rings is 1. The Labute approximate surface area is 118 Å². The van der Waals surface area contributed by atoms with E-state index in [0.29, 0.717) is 6.04 Å². The van der Waals surface area contributed by atoms with Gasteiger partial charge in [0.25, 0.3) is 0 Å². The van der Waals surface area contributed by atoms with E-state index in [2.05, 4.69) is 41.9 Å². The third kappa shape index (κ3) is 3.35. The second kappa shape index (κ2) is 6.37. The van der Waals surface area contributed by atoms with Crippen molar-refractivity contribution in [3.8, 4) is 0 Å². The van der Waals surface area contributed by atoms with Crippen LogP contribution < -0.4 is 5.32 Å². The molecule has 0 amide bonds. The highest BCUT2D eigenvalue weighted by molar-refractivity contribution is 7.10. The Morgan fingerprint density at radius 1 is 1.33 bits per heavy atom. The first-order valence-corrected chi connectivity index (χ1v) is 7.48. The lowest BCUT2D eigenvalue weighted by Crippen LogP contribution is -2.19. The number of aryl methyl sites for hydroxylation is 1. The fourth-order valence-electron chi connectivity index (χ4n) is 1.92. The molecule has 1 N–H and O–H groups in total. The normalized spacial score (nSPS) is 12.6. The van der Waals surface area contributed by atoms with Crippen LogP contribution in [-0.4, -0.2) is 0 Å². The lowest BCUT2D eigenvalue weighted by atomic mass is 10.1. The van der Waals surface area contributed by atoms with E-state index in [-0.39, 0.29) is 0 Å². The van der Waals surface area contributed by atoms with Gasteiger partial charge in [0.1, 0.15) is 0 Å². The zero-order valence-corrected chi connectivity index (χ0v) is 12.3. The quantitative estimate of drug-likeness (QED) is 0.816. The van der Waals surface area contributed by atoms with E-state index in [4.69, 9.17) is 11.6 Å². The second-order valence-corrected chi connectivity index (χ2v) is 5.83. The first-order valence-electron chi connectivity index (χ1n) is 6.22. The maximum absolute atomic E-state index is 6.14. The minimum atomic E-state index is 0.435. The molecule has 0 saturated carbocycles. The summed E-state index contributed by atoms with van der Waals surface area (Å²) in [5.41, 5.74) is 2.37. The van der Waals surface area contributed by atoms with Crippen LogP contribution in [0.5, 0.6) is 0 Å². The molecule has 1 nitrogen and oxygen atoms in total. The average molecular weight is 280 g/mol. The van der Waals surface area contributed by atoms with Crippen LogP contribution in [0.15, 0.2) is 35.7 Å². The van der Waals surface area contributed by atoms with Crippen LogP contribution in [0.3, 0.4) is 0 Å². The SMILES string of the molecule is CCC(NCc1ccc(C)c(Cl)c1)c1cccs1. The number of hydrogen-bond donors (Lipinski definition) is 1. The predicted molar refractivity (Wildman–Crippen MR) is 80.4 cm³/mol. The van der Waals surface area contributed by atoms with E-state index in [1.807, 2.05) is 24.3 Å². The number of hydrogen-bond acceptors (Lipinski definition) is 2. The summed E-state index contributed by atoms with van der Waals surface area (Å²) in [6.07, 6.45) is 1.10. The van der Waals surface area contributed by atoms with Gasteiger partial charge in [0.2, 0.25) is 0 Å². The van der Waals surface area contributed by atoms with Crippen molar-refractivity contribution in [2.75, 3.05) is 0 Å². The van der Waals surface area contributed by atoms with Gasteiger partial charge in [0, 0.05) is 22.5 Å². The molecule has 2 rings (SSSR count). The fourth-order valence-corrected chi connectivity index (χ4v) is 3.01. The van der Waals surface area contributed by atoms with Gasteiger partial charge in [-0.15, -0.1) is 11.3 Å². The summed E-state index contributed by atoms with van der Waals surface area (Å²) in [6.45, 7) is 5.09. The van der Waals surface area contributed by atoms with E-state index in [0.717, 1.165) is 23.6 Å².